The lowest BCUT2D eigenvalue weighted by molar-refractivity contribution is -0.162. The predicted octanol–water partition coefficient (Wildman–Crippen LogP) is 5.27. The second-order valence-electron chi connectivity index (χ2n) is 8.37. The molecule has 0 aliphatic carbocycles. The molecule has 0 aromatic heterocycles. The van der Waals surface area contributed by atoms with Crippen LogP contribution in [-0.4, -0.2) is 29.4 Å². The average molecular weight is 453 g/mol. The van der Waals surface area contributed by atoms with Crippen LogP contribution in [0.1, 0.15) is 81.0 Å². The van der Waals surface area contributed by atoms with Crippen molar-refractivity contribution in [3.8, 4) is 11.5 Å². The van der Waals surface area contributed by atoms with Gasteiger partial charge >= 0.3 is 11.9 Å². The molecule has 0 bridgehead atoms. The highest BCUT2D eigenvalue weighted by atomic mass is 35.5. The maximum absolute atomic E-state index is 12.7. The second-order valence-corrected chi connectivity index (χ2v) is 8.79. The number of fused-ring (bicyclic) bond motifs is 1. The van der Waals surface area contributed by atoms with E-state index in [1.165, 1.54) is 0 Å². The molecular weight excluding hydrogens is 420 g/mol. The molecule has 1 aliphatic heterocycles. The number of hydrogen-bond acceptors (Lipinski definition) is 6. The largest absolute Gasteiger partial charge is 0.475 e. The fourth-order valence-corrected chi connectivity index (χ4v) is 3.84. The van der Waals surface area contributed by atoms with Gasteiger partial charge < -0.3 is 14.2 Å². The molecule has 1 aromatic rings. The summed E-state index contributed by atoms with van der Waals surface area (Å²) in [7, 11) is 0. The Kier molecular flexibility index (Phi) is 8.92. The molecule has 0 saturated heterocycles. The van der Waals surface area contributed by atoms with Crippen molar-refractivity contribution in [2.24, 2.45) is 0 Å². The Hall–Kier alpha value is -2.08. The number of unbranched alkanes of at least 4 members (excludes halogenated alkanes) is 3. The summed E-state index contributed by atoms with van der Waals surface area (Å²) in [5.74, 6) is 0.287. The molecule has 1 aliphatic rings. The minimum atomic E-state index is -1.04. The molecule has 0 unspecified atom stereocenters. The van der Waals surface area contributed by atoms with Crippen molar-refractivity contribution in [1.29, 1.82) is 0 Å². The van der Waals surface area contributed by atoms with Gasteiger partial charge in [0.2, 0.25) is 10.8 Å². The van der Waals surface area contributed by atoms with Gasteiger partial charge in [-0.25, -0.2) is 4.79 Å². The normalized spacial score (nSPS) is 17.5. The van der Waals surface area contributed by atoms with Crippen molar-refractivity contribution in [2.45, 2.75) is 91.6 Å². The molecule has 0 saturated carbocycles. The van der Waals surface area contributed by atoms with E-state index in [0.29, 0.717) is 30.9 Å². The van der Waals surface area contributed by atoms with Crippen LogP contribution in [0.15, 0.2) is 0 Å². The lowest BCUT2D eigenvalue weighted by Crippen LogP contribution is -2.46. The Balaban J connectivity index is 2.17. The van der Waals surface area contributed by atoms with E-state index >= 15 is 0 Å². The van der Waals surface area contributed by atoms with Crippen LogP contribution in [0.25, 0.3) is 0 Å². The highest BCUT2D eigenvalue weighted by molar-refractivity contribution is 6.63. The Labute approximate surface area is 189 Å². The number of halogens is 1. The van der Waals surface area contributed by atoms with E-state index < -0.39 is 16.8 Å². The summed E-state index contributed by atoms with van der Waals surface area (Å²) < 4.78 is 17.3. The van der Waals surface area contributed by atoms with Gasteiger partial charge in [0.1, 0.15) is 11.5 Å². The van der Waals surface area contributed by atoms with Crippen LogP contribution < -0.4 is 9.47 Å². The third kappa shape index (κ3) is 6.22. The number of hydrogen-bond donors (Lipinski definition) is 0. The Morgan fingerprint density at radius 3 is 2.39 bits per heavy atom. The SMILES string of the molecule is CCCCCCOC(=O)[C@]1(C)CCc2c(C)c(OC(=O)CCC(=O)Cl)c(C)c(C)c2O1. The maximum atomic E-state index is 12.7. The first kappa shape index (κ1) is 25.2. The quantitative estimate of drug-likeness (QED) is 0.208. The summed E-state index contributed by atoms with van der Waals surface area (Å²) in [6.07, 6.45) is 5.10. The molecule has 1 heterocycles. The number of carbonyl (C=O) groups excluding carboxylic acids is 3. The molecule has 0 amide bonds. The zero-order chi connectivity index (χ0) is 23.2. The van der Waals surface area contributed by atoms with Gasteiger partial charge in [-0.1, -0.05) is 26.2 Å². The zero-order valence-corrected chi connectivity index (χ0v) is 19.9. The number of esters is 2. The van der Waals surface area contributed by atoms with Gasteiger partial charge in [0.15, 0.2) is 0 Å². The number of rotatable bonds is 10. The Bertz CT molecular complexity index is 847. The first-order chi connectivity index (χ1) is 14.6. The van der Waals surface area contributed by atoms with Crippen LogP contribution in [0, 0.1) is 20.8 Å². The van der Waals surface area contributed by atoms with Crippen LogP contribution in [0.4, 0.5) is 0 Å². The van der Waals surface area contributed by atoms with Crippen molar-refractivity contribution < 1.29 is 28.6 Å². The van der Waals surface area contributed by atoms with Gasteiger partial charge in [-0.2, -0.15) is 0 Å². The summed E-state index contributed by atoms with van der Waals surface area (Å²) in [6, 6.07) is 0. The standard InChI is InChI=1S/C24H33ClO6/c1-6-7-8-9-14-29-23(28)24(5)13-12-18-17(4)21(15(2)16(3)22(18)31-24)30-20(27)11-10-19(25)26/h6-14H2,1-5H3/t24-/m0/s1. The third-order valence-corrected chi connectivity index (χ3v) is 6.08. The number of benzene rings is 1. The molecule has 2 rings (SSSR count). The molecule has 1 atom stereocenters. The molecule has 0 spiro atoms. The topological polar surface area (TPSA) is 78.9 Å². The van der Waals surface area contributed by atoms with Crippen LogP contribution in [0.2, 0.25) is 0 Å². The average Bonchev–Trinajstić information content (AvgIpc) is 2.73. The first-order valence-electron chi connectivity index (χ1n) is 11.0. The predicted molar refractivity (Wildman–Crippen MR) is 119 cm³/mol. The summed E-state index contributed by atoms with van der Waals surface area (Å²) in [6.45, 7) is 9.92. The van der Waals surface area contributed by atoms with E-state index in [1.54, 1.807) is 6.92 Å². The molecule has 0 fully saturated rings. The lowest BCUT2D eigenvalue weighted by atomic mass is 9.87. The fraction of sp³-hybridized carbons (Fsp3) is 0.625. The minimum absolute atomic E-state index is 0.0651. The fourth-order valence-electron chi connectivity index (χ4n) is 3.74. The van der Waals surface area contributed by atoms with E-state index in [0.717, 1.165) is 47.9 Å². The highest BCUT2D eigenvalue weighted by Crippen LogP contribution is 2.44. The van der Waals surface area contributed by atoms with E-state index in [9.17, 15) is 14.4 Å². The van der Waals surface area contributed by atoms with Gasteiger partial charge in [0, 0.05) is 18.4 Å². The molecule has 31 heavy (non-hydrogen) atoms. The van der Waals surface area contributed by atoms with Crippen LogP contribution in [0.3, 0.4) is 0 Å². The monoisotopic (exact) mass is 452 g/mol. The summed E-state index contributed by atoms with van der Waals surface area (Å²) in [5.41, 5.74) is 2.27. The number of ether oxygens (including phenoxy) is 3. The first-order valence-corrected chi connectivity index (χ1v) is 11.4. The molecule has 7 heteroatoms. The molecule has 1 aromatic carbocycles. The minimum Gasteiger partial charge on any atom is -0.475 e. The van der Waals surface area contributed by atoms with Crippen LogP contribution >= 0.6 is 11.6 Å². The van der Waals surface area contributed by atoms with E-state index in [4.69, 9.17) is 25.8 Å². The molecule has 172 valence electrons. The summed E-state index contributed by atoms with van der Waals surface area (Å²) >= 11 is 5.31. The summed E-state index contributed by atoms with van der Waals surface area (Å²) in [4.78, 5) is 35.8. The van der Waals surface area contributed by atoms with Crippen molar-refractivity contribution in [1.82, 2.24) is 0 Å². The van der Waals surface area contributed by atoms with E-state index in [2.05, 4.69) is 6.92 Å². The summed E-state index contributed by atoms with van der Waals surface area (Å²) in [5, 5.41) is -0.572. The van der Waals surface area contributed by atoms with Crippen LogP contribution in [0.5, 0.6) is 11.5 Å². The zero-order valence-electron chi connectivity index (χ0n) is 19.2. The Morgan fingerprint density at radius 1 is 1.03 bits per heavy atom. The van der Waals surface area contributed by atoms with E-state index in [1.807, 2.05) is 20.8 Å². The van der Waals surface area contributed by atoms with Gasteiger partial charge in [-0.05, 0) is 68.8 Å². The van der Waals surface area contributed by atoms with Crippen molar-refractivity contribution in [3.63, 3.8) is 0 Å². The van der Waals surface area contributed by atoms with Crippen molar-refractivity contribution in [2.75, 3.05) is 6.61 Å². The van der Waals surface area contributed by atoms with Gasteiger partial charge in [-0.3, -0.25) is 9.59 Å². The van der Waals surface area contributed by atoms with E-state index in [-0.39, 0.29) is 18.8 Å². The third-order valence-electron chi connectivity index (χ3n) is 5.89. The maximum Gasteiger partial charge on any atom is 0.350 e. The van der Waals surface area contributed by atoms with Crippen molar-refractivity contribution >= 4 is 28.8 Å². The number of carbonyl (C=O) groups is 3. The molecule has 0 N–H and O–H groups in total. The van der Waals surface area contributed by atoms with Crippen molar-refractivity contribution in [3.05, 3.63) is 22.3 Å². The van der Waals surface area contributed by atoms with Crippen LogP contribution in [-0.2, 0) is 25.5 Å². The van der Waals surface area contributed by atoms with Gasteiger partial charge in [0.05, 0.1) is 13.0 Å². The Morgan fingerprint density at radius 2 is 1.74 bits per heavy atom. The second kappa shape index (κ2) is 11.0. The molecule has 6 nitrogen and oxygen atoms in total. The lowest BCUT2D eigenvalue weighted by Gasteiger charge is -2.36. The van der Waals surface area contributed by atoms with Gasteiger partial charge in [0.25, 0.3) is 0 Å². The van der Waals surface area contributed by atoms with Gasteiger partial charge in [-0.15, -0.1) is 0 Å². The highest BCUT2D eigenvalue weighted by Gasteiger charge is 2.42. The molecule has 0 radical (unpaired) electrons. The molecular formula is C24H33ClO6. The smallest absolute Gasteiger partial charge is 0.350 e.